The fourth-order valence-corrected chi connectivity index (χ4v) is 5.73. The normalized spacial score (nSPS) is 14.8. The number of aryl methyl sites for hydroxylation is 2. The second-order valence-electron chi connectivity index (χ2n) is 8.63. The third-order valence-corrected chi connectivity index (χ3v) is 7.87. The lowest BCUT2D eigenvalue weighted by molar-refractivity contribution is 0.0915. The minimum absolute atomic E-state index is 0.116. The van der Waals surface area contributed by atoms with E-state index in [1.54, 1.807) is 12.1 Å². The third kappa shape index (κ3) is 5.63. The number of rotatable bonds is 8. The van der Waals surface area contributed by atoms with Crippen molar-refractivity contribution in [1.82, 2.24) is 20.2 Å². The molecule has 0 spiro atoms. The van der Waals surface area contributed by atoms with Gasteiger partial charge in [0.2, 0.25) is 5.91 Å². The van der Waals surface area contributed by atoms with Gasteiger partial charge in [-0.05, 0) is 64.0 Å². The molecule has 2 amide bonds. The first-order valence-corrected chi connectivity index (χ1v) is 13.2. The zero-order valence-electron chi connectivity index (χ0n) is 19.7. The molecule has 1 aliphatic rings. The van der Waals surface area contributed by atoms with E-state index in [1.165, 1.54) is 22.7 Å². The maximum Gasteiger partial charge on any atom is 0.280 e. The number of primary amides is 1. The second kappa shape index (κ2) is 10.6. The molecule has 3 aromatic rings. The number of nitrogens with two attached hydrogens (primary N) is 1. The standard InChI is InChI=1S/C24H30N6O2S2/c1-4-5-15-6-7-16(21(25)31)12-18(15)28-24-29-19(13-33-24)20-14(2)26-23(34-20)22(32)27-17-8-10-30(3)11-9-17/h6-7,12-13,17H,4-5,8-11H2,1-3H3,(H2,25,31)(H,27,32)(H,28,29). The van der Waals surface area contributed by atoms with Crippen LogP contribution in [0.15, 0.2) is 23.6 Å². The van der Waals surface area contributed by atoms with Crippen LogP contribution in [0.5, 0.6) is 0 Å². The van der Waals surface area contributed by atoms with Crippen molar-refractivity contribution >= 4 is 45.3 Å². The van der Waals surface area contributed by atoms with Crippen LogP contribution in [0, 0.1) is 6.92 Å². The van der Waals surface area contributed by atoms with Crippen molar-refractivity contribution in [3.05, 3.63) is 45.4 Å². The molecule has 0 atom stereocenters. The third-order valence-electron chi connectivity index (χ3n) is 5.94. The molecular weight excluding hydrogens is 468 g/mol. The predicted octanol–water partition coefficient (Wildman–Crippen LogP) is 4.19. The van der Waals surface area contributed by atoms with Crippen LogP contribution < -0.4 is 16.4 Å². The van der Waals surface area contributed by atoms with E-state index in [0.29, 0.717) is 15.7 Å². The minimum Gasteiger partial charge on any atom is -0.366 e. The fraction of sp³-hybridized carbons (Fsp3) is 0.417. The van der Waals surface area contributed by atoms with Gasteiger partial charge in [-0.1, -0.05) is 19.4 Å². The lowest BCUT2D eigenvalue weighted by Gasteiger charge is -2.29. The van der Waals surface area contributed by atoms with Gasteiger partial charge in [-0.3, -0.25) is 9.59 Å². The highest BCUT2D eigenvalue weighted by Crippen LogP contribution is 2.34. The molecule has 0 bridgehead atoms. The number of nitrogens with zero attached hydrogens (tertiary/aromatic N) is 3. The van der Waals surface area contributed by atoms with Crippen LogP contribution in [0.2, 0.25) is 0 Å². The summed E-state index contributed by atoms with van der Waals surface area (Å²) < 4.78 is 0. The Hall–Kier alpha value is -2.82. The molecule has 1 fully saturated rings. The van der Waals surface area contributed by atoms with Crippen LogP contribution in [-0.4, -0.2) is 52.9 Å². The summed E-state index contributed by atoms with van der Waals surface area (Å²) in [5.41, 5.74) is 9.43. The molecule has 8 nitrogen and oxygen atoms in total. The van der Waals surface area contributed by atoms with E-state index in [4.69, 9.17) is 10.7 Å². The summed E-state index contributed by atoms with van der Waals surface area (Å²) in [5.74, 6) is -0.577. The Bertz CT molecular complexity index is 1180. The van der Waals surface area contributed by atoms with Gasteiger partial charge in [0.05, 0.1) is 16.3 Å². The molecule has 1 saturated heterocycles. The predicted molar refractivity (Wildman–Crippen MR) is 138 cm³/mol. The van der Waals surface area contributed by atoms with Gasteiger partial charge in [0.1, 0.15) is 0 Å². The summed E-state index contributed by atoms with van der Waals surface area (Å²) in [6.45, 7) is 5.99. The van der Waals surface area contributed by atoms with Crippen molar-refractivity contribution in [2.75, 3.05) is 25.5 Å². The van der Waals surface area contributed by atoms with E-state index in [2.05, 4.69) is 34.5 Å². The molecule has 10 heteroatoms. The largest absolute Gasteiger partial charge is 0.366 e. The summed E-state index contributed by atoms with van der Waals surface area (Å²) in [6, 6.07) is 5.66. The van der Waals surface area contributed by atoms with Crippen LogP contribution in [0.1, 0.15) is 57.6 Å². The van der Waals surface area contributed by atoms with Crippen LogP contribution in [-0.2, 0) is 6.42 Å². The monoisotopic (exact) mass is 498 g/mol. The molecule has 4 N–H and O–H groups in total. The summed E-state index contributed by atoms with van der Waals surface area (Å²) in [5, 5.41) is 9.61. The van der Waals surface area contributed by atoms with Gasteiger partial charge in [0.25, 0.3) is 5.91 Å². The summed E-state index contributed by atoms with van der Waals surface area (Å²) in [4.78, 5) is 36.8. The van der Waals surface area contributed by atoms with E-state index in [9.17, 15) is 9.59 Å². The van der Waals surface area contributed by atoms with E-state index in [-0.39, 0.29) is 11.9 Å². The molecule has 1 aliphatic heterocycles. The molecule has 34 heavy (non-hydrogen) atoms. The number of hydrogen-bond acceptors (Lipinski definition) is 8. The average Bonchev–Trinajstić information content (AvgIpc) is 3.43. The highest BCUT2D eigenvalue weighted by molar-refractivity contribution is 7.18. The zero-order valence-corrected chi connectivity index (χ0v) is 21.3. The molecular formula is C24H30N6O2S2. The lowest BCUT2D eigenvalue weighted by atomic mass is 10.0. The smallest absolute Gasteiger partial charge is 0.280 e. The molecule has 0 unspecified atom stereocenters. The topological polar surface area (TPSA) is 113 Å². The summed E-state index contributed by atoms with van der Waals surface area (Å²) in [7, 11) is 2.10. The SMILES string of the molecule is CCCc1ccc(C(N)=O)cc1Nc1nc(-c2sc(C(=O)NC3CCN(C)CC3)nc2C)cs1. The molecule has 1 aromatic carbocycles. The Balaban J connectivity index is 1.49. The van der Waals surface area contributed by atoms with Gasteiger partial charge in [-0.25, -0.2) is 9.97 Å². The molecule has 0 aliphatic carbocycles. The zero-order chi connectivity index (χ0) is 24.2. The molecule has 0 radical (unpaired) electrons. The molecule has 3 heterocycles. The quantitative estimate of drug-likeness (QED) is 0.429. The highest BCUT2D eigenvalue weighted by Gasteiger charge is 2.22. The number of hydrogen-bond donors (Lipinski definition) is 3. The van der Waals surface area contributed by atoms with Crippen molar-refractivity contribution in [2.45, 2.75) is 45.6 Å². The number of benzene rings is 1. The lowest BCUT2D eigenvalue weighted by Crippen LogP contribution is -2.43. The molecule has 4 rings (SSSR count). The van der Waals surface area contributed by atoms with Crippen molar-refractivity contribution in [2.24, 2.45) is 5.73 Å². The number of piperidine rings is 1. The van der Waals surface area contributed by atoms with E-state index < -0.39 is 5.91 Å². The van der Waals surface area contributed by atoms with Crippen LogP contribution >= 0.6 is 22.7 Å². The van der Waals surface area contributed by atoms with Crippen LogP contribution in [0.4, 0.5) is 10.8 Å². The van der Waals surface area contributed by atoms with Gasteiger partial charge in [-0.2, -0.15) is 0 Å². The molecule has 0 saturated carbocycles. The van der Waals surface area contributed by atoms with E-state index >= 15 is 0 Å². The summed E-state index contributed by atoms with van der Waals surface area (Å²) in [6.07, 6.45) is 3.77. The number of nitrogens with one attached hydrogen (secondary N) is 2. The van der Waals surface area contributed by atoms with Gasteiger partial charge in [-0.15, -0.1) is 22.7 Å². The number of thiazole rings is 2. The van der Waals surface area contributed by atoms with Gasteiger partial charge in [0, 0.05) is 22.7 Å². The first-order chi connectivity index (χ1) is 16.3. The Kier molecular flexibility index (Phi) is 7.60. The van der Waals surface area contributed by atoms with E-state index in [1.807, 2.05) is 18.4 Å². The van der Waals surface area contributed by atoms with Crippen LogP contribution in [0.25, 0.3) is 10.6 Å². The van der Waals surface area contributed by atoms with Gasteiger partial charge in [0.15, 0.2) is 10.1 Å². The number of carbonyl (C=O) groups excluding carboxylic acids is 2. The highest BCUT2D eigenvalue weighted by atomic mass is 32.1. The Morgan fingerprint density at radius 3 is 2.71 bits per heavy atom. The average molecular weight is 499 g/mol. The summed E-state index contributed by atoms with van der Waals surface area (Å²) >= 11 is 2.84. The van der Waals surface area contributed by atoms with Crippen molar-refractivity contribution in [1.29, 1.82) is 0 Å². The van der Waals surface area contributed by atoms with Gasteiger partial charge >= 0.3 is 0 Å². The number of likely N-dealkylation sites (tertiary alicyclic amines) is 1. The van der Waals surface area contributed by atoms with Crippen molar-refractivity contribution < 1.29 is 9.59 Å². The van der Waals surface area contributed by atoms with Crippen molar-refractivity contribution in [3.8, 4) is 10.6 Å². The molecule has 2 aromatic heterocycles. The Morgan fingerprint density at radius 1 is 1.24 bits per heavy atom. The Morgan fingerprint density at radius 2 is 2.00 bits per heavy atom. The molecule has 180 valence electrons. The van der Waals surface area contributed by atoms with Crippen LogP contribution in [0.3, 0.4) is 0 Å². The van der Waals surface area contributed by atoms with Gasteiger partial charge < -0.3 is 21.3 Å². The minimum atomic E-state index is -0.461. The first kappa shape index (κ1) is 24.3. The number of anilines is 2. The van der Waals surface area contributed by atoms with Crippen molar-refractivity contribution in [3.63, 3.8) is 0 Å². The number of aromatic nitrogens is 2. The second-order valence-corrected chi connectivity index (χ2v) is 10.5. The fourth-order valence-electron chi connectivity index (χ4n) is 4.02. The Labute approximate surface area is 207 Å². The number of amides is 2. The first-order valence-electron chi connectivity index (χ1n) is 11.5. The maximum absolute atomic E-state index is 12.8. The maximum atomic E-state index is 12.8. The van der Waals surface area contributed by atoms with E-state index in [0.717, 1.165) is 66.3 Å². The number of carbonyl (C=O) groups is 2.